The maximum absolute atomic E-state index is 12.3. The molecule has 8 nitrogen and oxygen atoms in total. The number of esters is 1. The van der Waals surface area contributed by atoms with Crippen LogP contribution in [0.25, 0.3) is 0 Å². The first kappa shape index (κ1) is 18.1. The first-order valence-electron chi connectivity index (χ1n) is 6.48. The number of nitro groups is 1. The van der Waals surface area contributed by atoms with Gasteiger partial charge in [0, 0.05) is 25.7 Å². The van der Waals surface area contributed by atoms with Crippen LogP contribution in [-0.2, 0) is 19.6 Å². The van der Waals surface area contributed by atoms with Crippen LogP contribution >= 0.6 is 0 Å². The van der Waals surface area contributed by atoms with E-state index < -0.39 is 26.8 Å². The Kier molecular flexibility index (Phi) is 6.01. The standard InChI is InChI=1S/C13H18N2O6S/c1-10(13(16)21-3)8-9-14(2)22(19,20)12-6-4-11(5-7-12)15(17)18/h4-7,10H,8-9H2,1-3H3/t10-/m0/s1. The summed E-state index contributed by atoms with van der Waals surface area (Å²) < 4.78 is 30.3. The Hall–Kier alpha value is -2.00. The Morgan fingerprint density at radius 1 is 1.36 bits per heavy atom. The SMILES string of the molecule is COC(=O)[C@@H](C)CCN(C)S(=O)(=O)c1ccc([N+](=O)[O-])cc1. The highest BCUT2D eigenvalue weighted by Crippen LogP contribution is 2.19. The molecule has 9 heteroatoms. The van der Waals surface area contributed by atoms with Gasteiger partial charge in [-0.1, -0.05) is 6.92 Å². The lowest BCUT2D eigenvalue weighted by Crippen LogP contribution is -2.30. The molecule has 1 aromatic carbocycles. The number of nitro benzene ring substituents is 1. The van der Waals surface area contributed by atoms with E-state index in [1.54, 1.807) is 6.92 Å². The van der Waals surface area contributed by atoms with Crippen molar-refractivity contribution in [2.45, 2.75) is 18.2 Å². The van der Waals surface area contributed by atoms with Gasteiger partial charge in [-0.15, -0.1) is 0 Å². The third-order valence-electron chi connectivity index (χ3n) is 3.24. The largest absolute Gasteiger partial charge is 0.469 e. The molecule has 0 saturated heterocycles. The fourth-order valence-electron chi connectivity index (χ4n) is 1.73. The van der Waals surface area contributed by atoms with Crippen LogP contribution in [0.4, 0.5) is 5.69 Å². The Labute approximate surface area is 128 Å². The van der Waals surface area contributed by atoms with Crippen LogP contribution < -0.4 is 0 Å². The number of hydrogen-bond donors (Lipinski definition) is 0. The van der Waals surface area contributed by atoms with Crippen molar-refractivity contribution in [3.8, 4) is 0 Å². The summed E-state index contributed by atoms with van der Waals surface area (Å²) in [4.78, 5) is 21.2. The number of benzene rings is 1. The number of carbonyl (C=O) groups excluding carboxylic acids is 1. The predicted molar refractivity (Wildman–Crippen MR) is 78.7 cm³/mol. The number of sulfonamides is 1. The fraction of sp³-hybridized carbons (Fsp3) is 0.462. The second-order valence-corrected chi connectivity index (χ2v) is 6.84. The number of carbonyl (C=O) groups is 1. The molecule has 0 aromatic heterocycles. The monoisotopic (exact) mass is 330 g/mol. The van der Waals surface area contributed by atoms with Gasteiger partial charge in [0.1, 0.15) is 0 Å². The number of non-ortho nitro benzene ring substituents is 1. The van der Waals surface area contributed by atoms with Gasteiger partial charge in [0.2, 0.25) is 10.0 Å². The van der Waals surface area contributed by atoms with Crippen molar-refractivity contribution >= 4 is 21.7 Å². The van der Waals surface area contributed by atoms with E-state index >= 15 is 0 Å². The zero-order valence-electron chi connectivity index (χ0n) is 12.6. The Morgan fingerprint density at radius 3 is 2.36 bits per heavy atom. The molecular formula is C13H18N2O6S. The van der Waals surface area contributed by atoms with Crippen molar-refractivity contribution in [2.75, 3.05) is 20.7 Å². The summed E-state index contributed by atoms with van der Waals surface area (Å²) in [6.07, 6.45) is 0.315. The highest BCUT2D eigenvalue weighted by molar-refractivity contribution is 7.89. The zero-order chi connectivity index (χ0) is 16.9. The molecule has 0 bridgehead atoms. The zero-order valence-corrected chi connectivity index (χ0v) is 13.4. The molecule has 22 heavy (non-hydrogen) atoms. The normalized spacial score (nSPS) is 12.9. The lowest BCUT2D eigenvalue weighted by molar-refractivity contribution is -0.384. The molecular weight excluding hydrogens is 312 g/mol. The molecule has 1 aromatic rings. The lowest BCUT2D eigenvalue weighted by Gasteiger charge is -2.18. The molecule has 0 amide bonds. The number of methoxy groups -OCH3 is 1. The van der Waals surface area contributed by atoms with Gasteiger partial charge in [0.15, 0.2) is 0 Å². The summed E-state index contributed by atoms with van der Waals surface area (Å²) in [7, 11) is -1.09. The Morgan fingerprint density at radius 2 is 1.91 bits per heavy atom. The van der Waals surface area contributed by atoms with Crippen LogP contribution in [0.2, 0.25) is 0 Å². The van der Waals surface area contributed by atoms with E-state index in [0.29, 0.717) is 6.42 Å². The fourth-order valence-corrected chi connectivity index (χ4v) is 2.92. The van der Waals surface area contributed by atoms with E-state index in [9.17, 15) is 23.3 Å². The minimum absolute atomic E-state index is 0.0358. The number of rotatable bonds is 7. The van der Waals surface area contributed by atoms with E-state index in [1.807, 2.05) is 0 Å². The Balaban J connectivity index is 2.80. The molecule has 1 atom stereocenters. The molecule has 0 aliphatic carbocycles. The molecule has 0 heterocycles. The summed E-state index contributed by atoms with van der Waals surface area (Å²) in [6.45, 7) is 1.79. The average Bonchev–Trinajstić information content (AvgIpc) is 2.51. The van der Waals surface area contributed by atoms with Crippen LogP contribution in [0.3, 0.4) is 0 Å². The maximum atomic E-state index is 12.3. The van der Waals surface area contributed by atoms with Gasteiger partial charge in [-0.2, -0.15) is 0 Å². The summed E-state index contributed by atoms with van der Waals surface area (Å²) >= 11 is 0. The quantitative estimate of drug-likeness (QED) is 0.425. The summed E-state index contributed by atoms with van der Waals surface area (Å²) in [5, 5.41) is 10.6. The Bertz CT molecular complexity index is 641. The highest BCUT2D eigenvalue weighted by atomic mass is 32.2. The third-order valence-corrected chi connectivity index (χ3v) is 5.11. The molecule has 0 aliphatic heterocycles. The second kappa shape index (κ2) is 7.32. The molecule has 0 N–H and O–H groups in total. The maximum Gasteiger partial charge on any atom is 0.308 e. The molecule has 0 spiro atoms. The summed E-state index contributed by atoms with van der Waals surface area (Å²) in [5.74, 6) is -0.819. The summed E-state index contributed by atoms with van der Waals surface area (Å²) in [5.41, 5.74) is -0.180. The molecule has 0 aliphatic rings. The third kappa shape index (κ3) is 4.25. The van der Waals surface area contributed by atoms with Crippen molar-refractivity contribution in [2.24, 2.45) is 5.92 Å². The van der Waals surface area contributed by atoms with Crippen molar-refractivity contribution in [1.82, 2.24) is 4.31 Å². The van der Waals surface area contributed by atoms with Crippen LogP contribution in [0.1, 0.15) is 13.3 Å². The molecule has 0 radical (unpaired) electrons. The van der Waals surface area contributed by atoms with E-state index in [2.05, 4.69) is 4.74 Å². The first-order chi connectivity index (χ1) is 10.2. The predicted octanol–water partition coefficient (Wildman–Crippen LogP) is 1.41. The van der Waals surface area contributed by atoms with E-state index in [0.717, 1.165) is 16.4 Å². The number of ether oxygens (including phenoxy) is 1. The van der Waals surface area contributed by atoms with Gasteiger partial charge in [-0.05, 0) is 18.6 Å². The minimum Gasteiger partial charge on any atom is -0.469 e. The molecule has 0 unspecified atom stereocenters. The van der Waals surface area contributed by atoms with Gasteiger partial charge in [0.25, 0.3) is 5.69 Å². The van der Waals surface area contributed by atoms with Gasteiger partial charge in [0.05, 0.1) is 22.8 Å². The highest BCUT2D eigenvalue weighted by Gasteiger charge is 2.23. The first-order valence-corrected chi connectivity index (χ1v) is 7.92. The van der Waals surface area contributed by atoms with E-state index in [-0.39, 0.29) is 17.1 Å². The van der Waals surface area contributed by atoms with Gasteiger partial charge < -0.3 is 4.74 Å². The van der Waals surface area contributed by atoms with Crippen molar-refractivity contribution in [3.63, 3.8) is 0 Å². The molecule has 122 valence electrons. The van der Waals surface area contributed by atoms with Gasteiger partial charge in [-0.25, -0.2) is 12.7 Å². The van der Waals surface area contributed by atoms with Gasteiger partial charge >= 0.3 is 5.97 Å². The minimum atomic E-state index is -3.75. The number of nitrogens with zero attached hydrogens (tertiary/aromatic N) is 2. The molecule has 0 fully saturated rings. The van der Waals surface area contributed by atoms with Crippen molar-refractivity contribution < 1.29 is 22.9 Å². The molecule has 0 saturated carbocycles. The lowest BCUT2D eigenvalue weighted by atomic mass is 10.1. The van der Waals surface area contributed by atoms with Crippen molar-refractivity contribution in [3.05, 3.63) is 34.4 Å². The smallest absolute Gasteiger partial charge is 0.308 e. The molecule has 1 rings (SSSR count). The van der Waals surface area contributed by atoms with Crippen LogP contribution in [0, 0.1) is 16.0 Å². The number of hydrogen-bond acceptors (Lipinski definition) is 6. The van der Waals surface area contributed by atoms with Crippen LogP contribution in [0.5, 0.6) is 0 Å². The van der Waals surface area contributed by atoms with Crippen molar-refractivity contribution in [1.29, 1.82) is 0 Å². The van der Waals surface area contributed by atoms with Crippen LogP contribution in [0.15, 0.2) is 29.2 Å². The van der Waals surface area contributed by atoms with Gasteiger partial charge in [-0.3, -0.25) is 14.9 Å². The summed E-state index contributed by atoms with van der Waals surface area (Å²) in [6, 6.07) is 4.65. The van der Waals surface area contributed by atoms with Crippen LogP contribution in [-0.4, -0.2) is 44.3 Å². The van der Waals surface area contributed by atoms with E-state index in [1.165, 1.54) is 26.3 Å². The topological polar surface area (TPSA) is 107 Å². The second-order valence-electron chi connectivity index (χ2n) is 4.79. The van der Waals surface area contributed by atoms with E-state index in [4.69, 9.17) is 0 Å². The average molecular weight is 330 g/mol.